The first-order valence-electron chi connectivity index (χ1n) is 10.8. The zero-order chi connectivity index (χ0) is 23.5. The lowest BCUT2D eigenvalue weighted by atomic mass is 10.0. The highest BCUT2D eigenvalue weighted by molar-refractivity contribution is 7.17. The zero-order valence-corrected chi connectivity index (χ0v) is 20.2. The van der Waals surface area contributed by atoms with Crippen molar-refractivity contribution in [1.82, 2.24) is 19.8 Å². The molecule has 1 aliphatic heterocycles. The number of benzene rings is 1. The summed E-state index contributed by atoms with van der Waals surface area (Å²) < 4.78 is 6.18. The molecule has 1 fully saturated rings. The molecule has 2 aromatic heterocycles. The minimum atomic E-state index is -0.493. The molecule has 4 rings (SSSR count). The van der Waals surface area contributed by atoms with Crippen molar-refractivity contribution in [2.75, 3.05) is 25.4 Å². The van der Waals surface area contributed by atoms with E-state index in [2.05, 4.69) is 9.97 Å². The lowest BCUT2D eigenvalue weighted by Crippen LogP contribution is -2.59. The van der Waals surface area contributed by atoms with E-state index in [1.54, 1.807) is 24.0 Å². The minimum Gasteiger partial charge on any atom is -0.474 e. The molecule has 2 amide bonds. The number of carbonyl (C=O) groups is 2. The quantitative estimate of drug-likeness (QED) is 0.545. The molecule has 2 N–H and O–H groups in total. The first-order valence-corrected chi connectivity index (χ1v) is 12.0. The number of fused-ring (bicyclic) bond motifs is 1. The van der Waals surface area contributed by atoms with Crippen LogP contribution >= 0.6 is 22.9 Å². The van der Waals surface area contributed by atoms with E-state index in [0.717, 1.165) is 22.9 Å². The lowest BCUT2D eigenvalue weighted by molar-refractivity contribution is -0.153. The van der Waals surface area contributed by atoms with Gasteiger partial charge in [0.25, 0.3) is 5.91 Å². The van der Waals surface area contributed by atoms with Crippen LogP contribution < -0.4 is 10.5 Å². The van der Waals surface area contributed by atoms with Crippen LogP contribution in [-0.4, -0.2) is 57.3 Å². The summed E-state index contributed by atoms with van der Waals surface area (Å²) in [6.07, 6.45) is 1.40. The van der Waals surface area contributed by atoms with Crippen LogP contribution in [0.1, 0.15) is 31.2 Å². The zero-order valence-electron chi connectivity index (χ0n) is 18.6. The van der Waals surface area contributed by atoms with Crippen LogP contribution in [0.25, 0.3) is 10.9 Å². The number of rotatable bonds is 7. The summed E-state index contributed by atoms with van der Waals surface area (Å²) in [4.78, 5) is 38.3. The molecule has 8 nitrogen and oxygen atoms in total. The van der Waals surface area contributed by atoms with Crippen LogP contribution in [0, 0.1) is 6.92 Å². The molecular weight excluding hydrogens is 462 g/mol. The van der Waals surface area contributed by atoms with E-state index in [1.165, 1.54) is 11.3 Å². The lowest BCUT2D eigenvalue weighted by Gasteiger charge is -2.40. The van der Waals surface area contributed by atoms with Gasteiger partial charge >= 0.3 is 0 Å². The van der Waals surface area contributed by atoms with Gasteiger partial charge in [-0.25, -0.2) is 9.97 Å². The number of nitrogens with zero attached hydrogens (tertiary/aromatic N) is 4. The van der Waals surface area contributed by atoms with Crippen molar-refractivity contribution in [2.24, 2.45) is 0 Å². The van der Waals surface area contributed by atoms with Crippen molar-refractivity contribution in [3.05, 3.63) is 46.1 Å². The van der Waals surface area contributed by atoms with Crippen molar-refractivity contribution in [2.45, 2.75) is 39.3 Å². The average Bonchev–Trinajstić information content (AvgIpc) is 3.19. The van der Waals surface area contributed by atoms with E-state index in [4.69, 9.17) is 22.1 Å². The van der Waals surface area contributed by atoms with E-state index in [0.29, 0.717) is 47.1 Å². The fourth-order valence-corrected chi connectivity index (χ4v) is 4.95. The van der Waals surface area contributed by atoms with E-state index < -0.39 is 6.04 Å². The minimum absolute atomic E-state index is 0.0471. The predicted octanol–water partition coefficient (Wildman–Crippen LogP) is 3.65. The Morgan fingerprint density at radius 2 is 2.09 bits per heavy atom. The number of halogens is 1. The Bertz CT molecular complexity index is 1180. The topological polar surface area (TPSA) is 102 Å². The Kier molecular flexibility index (Phi) is 6.99. The highest BCUT2D eigenvalue weighted by Gasteiger charge is 2.36. The molecule has 3 heterocycles. The normalized spacial score (nSPS) is 16.5. The molecular formula is C23H26ClN5O3S. The van der Waals surface area contributed by atoms with Crippen LogP contribution in [0.15, 0.2) is 30.3 Å². The number of thiophene rings is 1. The summed E-state index contributed by atoms with van der Waals surface area (Å²) >= 11 is 7.19. The summed E-state index contributed by atoms with van der Waals surface area (Å²) in [5.74, 6) is 0.811. The third-order valence-electron chi connectivity index (χ3n) is 5.63. The predicted molar refractivity (Wildman–Crippen MR) is 129 cm³/mol. The van der Waals surface area contributed by atoms with Crippen LogP contribution in [0.5, 0.6) is 5.06 Å². The SMILES string of the molecule is CCCC1C(=O)N(Cc2ccc3c(N)nc(C)nc3c2)CCN1C(=O)COc1ccc(Cl)s1. The average molecular weight is 488 g/mol. The molecule has 0 bridgehead atoms. The maximum atomic E-state index is 13.3. The van der Waals surface area contributed by atoms with Crippen molar-refractivity contribution in [3.63, 3.8) is 0 Å². The molecule has 0 saturated carbocycles. The number of amides is 2. The van der Waals surface area contributed by atoms with Crippen molar-refractivity contribution >= 4 is 51.5 Å². The number of hydrogen-bond donors (Lipinski definition) is 1. The molecule has 1 saturated heterocycles. The number of carbonyl (C=O) groups excluding carboxylic acids is 2. The molecule has 1 aliphatic rings. The number of nitrogens with two attached hydrogens (primary N) is 1. The summed E-state index contributed by atoms with van der Waals surface area (Å²) in [5, 5.41) is 1.38. The Hall–Kier alpha value is -2.91. The number of aromatic nitrogens is 2. The van der Waals surface area contributed by atoms with Crippen molar-refractivity contribution < 1.29 is 14.3 Å². The smallest absolute Gasteiger partial charge is 0.261 e. The first kappa shape index (κ1) is 23.3. The van der Waals surface area contributed by atoms with Gasteiger partial charge in [-0.3, -0.25) is 9.59 Å². The highest BCUT2D eigenvalue weighted by Crippen LogP contribution is 2.28. The molecule has 0 spiro atoms. The largest absolute Gasteiger partial charge is 0.474 e. The number of hydrogen-bond acceptors (Lipinski definition) is 7. The van der Waals surface area contributed by atoms with Gasteiger partial charge in [0.1, 0.15) is 17.7 Å². The summed E-state index contributed by atoms with van der Waals surface area (Å²) in [7, 11) is 0. The summed E-state index contributed by atoms with van der Waals surface area (Å²) in [5.41, 5.74) is 7.72. The van der Waals surface area contributed by atoms with Crippen LogP contribution in [-0.2, 0) is 16.1 Å². The molecule has 174 valence electrons. The second kappa shape index (κ2) is 9.93. The molecule has 3 aromatic rings. The Morgan fingerprint density at radius 1 is 1.27 bits per heavy atom. The van der Waals surface area contributed by atoms with Gasteiger partial charge < -0.3 is 20.3 Å². The van der Waals surface area contributed by atoms with Gasteiger partial charge in [0.05, 0.1) is 9.85 Å². The number of ether oxygens (including phenoxy) is 1. The monoisotopic (exact) mass is 487 g/mol. The summed E-state index contributed by atoms with van der Waals surface area (Å²) in [6, 6.07) is 8.74. The van der Waals surface area contributed by atoms with Gasteiger partial charge in [-0.2, -0.15) is 0 Å². The number of anilines is 1. The number of piperazine rings is 1. The van der Waals surface area contributed by atoms with Gasteiger partial charge in [0.2, 0.25) is 5.91 Å². The fraction of sp³-hybridized carbons (Fsp3) is 0.391. The first-order chi connectivity index (χ1) is 15.9. The molecule has 33 heavy (non-hydrogen) atoms. The van der Waals surface area contributed by atoms with Crippen LogP contribution in [0.4, 0.5) is 5.82 Å². The Balaban J connectivity index is 1.45. The maximum absolute atomic E-state index is 13.3. The van der Waals surface area contributed by atoms with Gasteiger partial charge in [-0.1, -0.05) is 42.3 Å². The molecule has 1 aromatic carbocycles. The maximum Gasteiger partial charge on any atom is 0.261 e. The summed E-state index contributed by atoms with van der Waals surface area (Å²) in [6.45, 7) is 5.06. The van der Waals surface area contributed by atoms with E-state index in [9.17, 15) is 9.59 Å². The van der Waals surface area contributed by atoms with Gasteiger partial charge in [-0.05, 0) is 43.2 Å². The van der Waals surface area contributed by atoms with E-state index >= 15 is 0 Å². The third-order valence-corrected chi connectivity index (χ3v) is 6.77. The second-order valence-electron chi connectivity index (χ2n) is 8.01. The van der Waals surface area contributed by atoms with Gasteiger partial charge in [0, 0.05) is 25.0 Å². The second-order valence-corrected chi connectivity index (χ2v) is 9.68. The Morgan fingerprint density at radius 3 is 2.82 bits per heavy atom. The van der Waals surface area contributed by atoms with Crippen molar-refractivity contribution in [3.8, 4) is 5.06 Å². The standard InChI is InChI=1S/C23H26ClN5O3S/c1-3-4-18-23(31)28(9-10-29(18)20(30)13-32-21-8-7-19(24)33-21)12-15-5-6-16-17(11-15)26-14(2)27-22(16)25/h5-8,11,18H,3-4,9-10,12-13H2,1-2H3,(H2,25,26,27). The molecule has 1 atom stereocenters. The third kappa shape index (κ3) is 5.20. The van der Waals surface area contributed by atoms with E-state index in [-0.39, 0.29) is 18.4 Å². The van der Waals surface area contributed by atoms with Crippen LogP contribution in [0.2, 0.25) is 4.34 Å². The van der Waals surface area contributed by atoms with Crippen LogP contribution in [0.3, 0.4) is 0 Å². The number of aryl methyl sites for hydroxylation is 1. The highest BCUT2D eigenvalue weighted by atomic mass is 35.5. The number of nitrogen functional groups attached to an aromatic ring is 1. The van der Waals surface area contributed by atoms with Gasteiger partial charge in [0.15, 0.2) is 11.7 Å². The molecule has 0 aliphatic carbocycles. The fourth-order valence-electron chi connectivity index (χ4n) is 4.08. The van der Waals surface area contributed by atoms with Crippen molar-refractivity contribution in [1.29, 1.82) is 0 Å². The Labute approximate surface area is 201 Å². The van der Waals surface area contributed by atoms with E-state index in [1.807, 2.05) is 30.0 Å². The molecule has 1 unspecified atom stereocenters. The molecule has 10 heteroatoms. The van der Waals surface area contributed by atoms with Gasteiger partial charge in [-0.15, -0.1) is 0 Å². The molecule has 0 radical (unpaired) electrons.